The largest absolute Gasteiger partial charge is 0.273 e. The Kier molecular flexibility index (Phi) is 7.25. The number of hydrogen-bond donors (Lipinski definition) is 1. The number of hydrazone groups is 1. The van der Waals surface area contributed by atoms with Crippen LogP contribution in [0.4, 0.5) is 5.69 Å². The van der Waals surface area contributed by atoms with E-state index in [-0.39, 0.29) is 12.1 Å². The Labute approximate surface area is 190 Å². The monoisotopic (exact) mass is 499 g/mol. The van der Waals surface area contributed by atoms with Gasteiger partial charge in [-0.25, -0.2) is 13.8 Å². The standard InChI is InChI=1S/C23H22BrN3O3S/c1-17(19-11-8-12-20(24)15-19)25-26-23(28)21-13-6-7-14-22(21)27(31(2,29)30)16-18-9-4-3-5-10-18/h3-15H,16H2,1-2H3,(H,26,28)/b25-17-. The molecule has 0 spiro atoms. The lowest BCUT2D eigenvalue weighted by molar-refractivity contribution is 0.0955. The van der Waals surface area contributed by atoms with Gasteiger partial charge in [0, 0.05) is 4.47 Å². The fourth-order valence-corrected chi connectivity index (χ4v) is 4.29. The number of sulfonamides is 1. The maximum atomic E-state index is 12.9. The number of anilines is 1. The van der Waals surface area contributed by atoms with Gasteiger partial charge in [0.15, 0.2) is 0 Å². The second kappa shape index (κ2) is 9.89. The lowest BCUT2D eigenvalue weighted by Gasteiger charge is -2.24. The Bertz CT molecular complexity index is 1210. The Morgan fingerprint density at radius 1 is 1.00 bits per heavy atom. The van der Waals surface area contributed by atoms with E-state index in [2.05, 4.69) is 26.5 Å². The van der Waals surface area contributed by atoms with Crippen molar-refractivity contribution in [3.05, 3.63) is 100 Å². The molecule has 3 aromatic carbocycles. The van der Waals surface area contributed by atoms with Crippen LogP contribution in [-0.2, 0) is 16.6 Å². The van der Waals surface area contributed by atoms with Crippen molar-refractivity contribution >= 4 is 43.3 Å². The van der Waals surface area contributed by atoms with Crippen LogP contribution >= 0.6 is 15.9 Å². The van der Waals surface area contributed by atoms with E-state index in [1.165, 1.54) is 4.31 Å². The third kappa shape index (κ3) is 6.02. The minimum Gasteiger partial charge on any atom is -0.267 e. The first-order valence-corrected chi connectivity index (χ1v) is 12.1. The second-order valence-electron chi connectivity index (χ2n) is 6.92. The predicted molar refractivity (Wildman–Crippen MR) is 128 cm³/mol. The highest BCUT2D eigenvalue weighted by Gasteiger charge is 2.23. The van der Waals surface area contributed by atoms with Gasteiger partial charge in [-0.1, -0.05) is 70.5 Å². The molecular weight excluding hydrogens is 478 g/mol. The molecule has 0 unspecified atom stereocenters. The Balaban J connectivity index is 1.90. The summed E-state index contributed by atoms with van der Waals surface area (Å²) in [4.78, 5) is 12.9. The SMILES string of the molecule is C/C(=N/NC(=O)c1ccccc1N(Cc1ccccc1)S(C)(=O)=O)c1cccc(Br)c1. The van der Waals surface area contributed by atoms with Gasteiger partial charge in [-0.3, -0.25) is 9.10 Å². The molecule has 0 saturated carbocycles. The van der Waals surface area contributed by atoms with Crippen molar-refractivity contribution in [2.75, 3.05) is 10.6 Å². The van der Waals surface area contributed by atoms with Crippen LogP contribution in [0.1, 0.15) is 28.4 Å². The molecule has 1 N–H and O–H groups in total. The normalized spacial score (nSPS) is 11.8. The van der Waals surface area contributed by atoms with Gasteiger partial charge < -0.3 is 0 Å². The highest BCUT2D eigenvalue weighted by Crippen LogP contribution is 2.25. The zero-order valence-electron chi connectivity index (χ0n) is 17.1. The van der Waals surface area contributed by atoms with Gasteiger partial charge in [0.25, 0.3) is 5.91 Å². The molecule has 0 radical (unpaired) electrons. The number of carbonyl (C=O) groups excluding carboxylic acids is 1. The quantitative estimate of drug-likeness (QED) is 0.382. The average molecular weight is 500 g/mol. The number of para-hydroxylation sites is 1. The van der Waals surface area contributed by atoms with Crippen molar-refractivity contribution in [2.45, 2.75) is 13.5 Å². The van der Waals surface area contributed by atoms with Gasteiger partial charge in [-0.15, -0.1) is 0 Å². The zero-order valence-corrected chi connectivity index (χ0v) is 19.5. The molecule has 0 atom stereocenters. The van der Waals surface area contributed by atoms with Crippen LogP contribution in [0.3, 0.4) is 0 Å². The van der Waals surface area contributed by atoms with E-state index < -0.39 is 15.9 Å². The molecule has 0 aliphatic rings. The Morgan fingerprint density at radius 3 is 2.35 bits per heavy atom. The van der Waals surface area contributed by atoms with Gasteiger partial charge >= 0.3 is 0 Å². The number of nitrogens with one attached hydrogen (secondary N) is 1. The third-order valence-corrected chi connectivity index (χ3v) is 6.17. The molecule has 0 aromatic heterocycles. The summed E-state index contributed by atoms with van der Waals surface area (Å²) in [6.45, 7) is 1.90. The summed E-state index contributed by atoms with van der Waals surface area (Å²) in [5.74, 6) is -0.494. The van der Waals surface area contributed by atoms with Gasteiger partial charge in [-0.2, -0.15) is 5.10 Å². The second-order valence-corrected chi connectivity index (χ2v) is 9.74. The van der Waals surface area contributed by atoms with Crippen molar-refractivity contribution in [2.24, 2.45) is 5.10 Å². The summed E-state index contributed by atoms with van der Waals surface area (Å²) in [6.07, 6.45) is 1.13. The highest BCUT2D eigenvalue weighted by molar-refractivity contribution is 9.10. The molecule has 8 heteroatoms. The Morgan fingerprint density at radius 2 is 1.68 bits per heavy atom. The minimum atomic E-state index is -3.64. The molecular formula is C23H22BrN3O3S. The molecule has 31 heavy (non-hydrogen) atoms. The van der Waals surface area contributed by atoms with E-state index in [4.69, 9.17) is 0 Å². The molecule has 1 amide bonds. The molecule has 6 nitrogen and oxygen atoms in total. The molecule has 0 aliphatic carbocycles. The molecule has 0 aliphatic heterocycles. The Hall–Kier alpha value is -2.97. The van der Waals surface area contributed by atoms with Crippen molar-refractivity contribution in [3.63, 3.8) is 0 Å². The topological polar surface area (TPSA) is 78.8 Å². The fourth-order valence-electron chi connectivity index (χ4n) is 2.99. The van der Waals surface area contributed by atoms with Crippen LogP contribution in [-0.4, -0.2) is 26.3 Å². The summed E-state index contributed by atoms with van der Waals surface area (Å²) in [5, 5.41) is 4.19. The zero-order chi connectivity index (χ0) is 22.4. The molecule has 0 bridgehead atoms. The summed E-state index contributed by atoms with van der Waals surface area (Å²) in [6, 6.07) is 23.4. The number of amides is 1. The van der Waals surface area contributed by atoms with E-state index >= 15 is 0 Å². The summed E-state index contributed by atoms with van der Waals surface area (Å²) < 4.78 is 27.2. The van der Waals surface area contributed by atoms with Gasteiger partial charge in [0.1, 0.15) is 0 Å². The maximum Gasteiger partial charge on any atom is 0.273 e. The van der Waals surface area contributed by atoms with Crippen LogP contribution in [0.5, 0.6) is 0 Å². The lowest BCUT2D eigenvalue weighted by Crippen LogP contribution is -2.32. The van der Waals surface area contributed by atoms with Crippen LogP contribution in [0.25, 0.3) is 0 Å². The number of rotatable bonds is 7. The van der Waals surface area contributed by atoms with Crippen molar-refractivity contribution in [3.8, 4) is 0 Å². The first-order valence-electron chi connectivity index (χ1n) is 9.47. The third-order valence-electron chi connectivity index (χ3n) is 4.55. The van der Waals surface area contributed by atoms with Gasteiger partial charge in [-0.05, 0) is 42.3 Å². The molecule has 0 heterocycles. The first kappa shape index (κ1) is 22.7. The first-order chi connectivity index (χ1) is 14.8. The van der Waals surface area contributed by atoms with Gasteiger partial charge in [0.2, 0.25) is 10.0 Å². The number of hydrogen-bond acceptors (Lipinski definition) is 4. The van der Waals surface area contributed by atoms with E-state index in [1.54, 1.807) is 31.2 Å². The summed E-state index contributed by atoms with van der Waals surface area (Å²) in [7, 11) is -3.64. The predicted octanol–water partition coefficient (Wildman–Crippen LogP) is 4.57. The summed E-state index contributed by atoms with van der Waals surface area (Å²) >= 11 is 3.41. The fraction of sp³-hybridized carbons (Fsp3) is 0.130. The van der Waals surface area contributed by atoms with Crippen molar-refractivity contribution in [1.82, 2.24) is 5.43 Å². The van der Waals surface area contributed by atoms with Crippen molar-refractivity contribution < 1.29 is 13.2 Å². The lowest BCUT2D eigenvalue weighted by atomic mass is 10.1. The van der Waals surface area contributed by atoms with Crippen LogP contribution in [0.2, 0.25) is 0 Å². The van der Waals surface area contributed by atoms with Crippen LogP contribution in [0, 0.1) is 0 Å². The van der Waals surface area contributed by atoms with E-state index in [9.17, 15) is 13.2 Å². The number of halogens is 1. The molecule has 0 saturated heterocycles. The maximum absolute atomic E-state index is 12.9. The van der Waals surface area contributed by atoms with E-state index in [0.717, 1.165) is 21.9 Å². The molecule has 3 rings (SSSR count). The minimum absolute atomic E-state index is 0.115. The van der Waals surface area contributed by atoms with Crippen molar-refractivity contribution in [1.29, 1.82) is 0 Å². The number of benzene rings is 3. The average Bonchev–Trinajstić information content (AvgIpc) is 2.75. The summed E-state index contributed by atoms with van der Waals surface area (Å²) in [5.41, 5.74) is 5.33. The van der Waals surface area contributed by atoms with E-state index in [1.807, 2.05) is 54.6 Å². The van der Waals surface area contributed by atoms with E-state index in [0.29, 0.717) is 11.4 Å². The highest BCUT2D eigenvalue weighted by atomic mass is 79.9. The van der Waals surface area contributed by atoms with Gasteiger partial charge in [0.05, 0.1) is 29.8 Å². The molecule has 160 valence electrons. The number of nitrogens with zero attached hydrogens (tertiary/aromatic N) is 2. The molecule has 0 fully saturated rings. The number of carbonyl (C=O) groups is 1. The van der Waals surface area contributed by atoms with Crippen LogP contribution in [0.15, 0.2) is 88.4 Å². The smallest absolute Gasteiger partial charge is 0.267 e. The molecule has 3 aromatic rings. The van der Waals surface area contributed by atoms with Crippen LogP contribution < -0.4 is 9.73 Å².